The number of carbonyl (C=O) groups is 9. The Morgan fingerprint density at radius 3 is 1.69 bits per heavy atom. The predicted octanol–water partition coefficient (Wildman–Crippen LogP) is 0.237. The molecule has 67 heavy (non-hydrogen) atoms. The van der Waals surface area contributed by atoms with Gasteiger partial charge in [0.25, 0.3) is 0 Å². The molecule has 6 amide bonds. The van der Waals surface area contributed by atoms with E-state index in [9.17, 15) is 53.4 Å². The molecule has 0 radical (unpaired) electrons. The molecule has 23 nitrogen and oxygen atoms in total. The minimum Gasteiger partial charge on any atom is -0.493 e. The molecular weight excluding hydrogens is 885 g/mol. The van der Waals surface area contributed by atoms with Crippen LogP contribution in [0.2, 0.25) is 0 Å². The number of nitrogens with one attached hydrogen (secondary N) is 6. The Morgan fingerprint density at radius 1 is 0.582 bits per heavy atom. The Hall–Kier alpha value is -5.91. The van der Waals surface area contributed by atoms with Crippen LogP contribution >= 0.6 is 0 Å². The van der Waals surface area contributed by atoms with E-state index < -0.39 is 83.2 Å². The number of benzene rings is 1. The Labute approximate surface area is 390 Å². The average Bonchev–Trinajstić information content (AvgIpc) is 3.25. The smallest absolute Gasteiger partial charge is 0.335 e. The number of carbonyl (C=O) groups excluding carboxylic acids is 6. The standard InChI is InChI=1S/C44H70N6O17/c1-6-15-45-36(53)25-48-38(55)27-66-23-20-63-18-16-46-37(54)26-65-22-21-64-19-17-47-40(58)32(12-14-39(56)57)49-34(51)13-11-33(42(61)62)50-35(52)24-43(2,3)28-44(4,5)29-67-31-9-7-30(8-10-31)41(59)60/h7-10,32-33H,6,11-29H2,1-5H3,(H,45,53)(H,46,54)(H,47,58)(H,48,55)(H,49,51)(H,50,52)(H,56,57)(H,59,60)(H,61,62). The van der Waals surface area contributed by atoms with Crippen molar-refractivity contribution >= 4 is 53.4 Å². The van der Waals surface area contributed by atoms with Crippen molar-refractivity contribution in [2.24, 2.45) is 10.8 Å². The van der Waals surface area contributed by atoms with Crippen molar-refractivity contribution in [3.63, 3.8) is 0 Å². The largest absolute Gasteiger partial charge is 0.493 e. The van der Waals surface area contributed by atoms with Crippen molar-refractivity contribution in [1.29, 1.82) is 0 Å². The first kappa shape index (κ1) is 59.1. The minimum atomic E-state index is -1.43. The number of carboxylic acid groups (broad SMARTS) is 3. The van der Waals surface area contributed by atoms with Gasteiger partial charge in [0.15, 0.2) is 0 Å². The quantitative estimate of drug-likeness (QED) is 0.0401. The SMILES string of the molecule is CCCNC(=O)CNC(=O)COCCOCCNC(=O)COCCOCCNC(=O)C(CCC(=O)O)NC(=O)CCC(NC(=O)CC(C)(C)CC(C)(C)COc1ccc(C(=O)O)cc1)C(=O)O. The van der Waals surface area contributed by atoms with Gasteiger partial charge in [-0.3, -0.25) is 33.6 Å². The zero-order chi connectivity index (χ0) is 50.3. The first-order chi connectivity index (χ1) is 31.6. The Balaban J connectivity index is 2.35. The molecule has 0 fully saturated rings. The number of aliphatic carboxylic acids is 2. The summed E-state index contributed by atoms with van der Waals surface area (Å²) in [5.74, 6) is -6.23. The van der Waals surface area contributed by atoms with Crippen LogP contribution in [0.3, 0.4) is 0 Å². The lowest BCUT2D eigenvalue weighted by Gasteiger charge is -2.34. The van der Waals surface area contributed by atoms with Crippen LogP contribution in [-0.4, -0.2) is 166 Å². The number of rotatable bonds is 38. The third-order valence-electron chi connectivity index (χ3n) is 9.26. The van der Waals surface area contributed by atoms with Crippen LogP contribution < -0.4 is 36.6 Å². The fourth-order valence-electron chi connectivity index (χ4n) is 6.41. The van der Waals surface area contributed by atoms with Gasteiger partial charge in [-0.05, 0) is 60.8 Å². The topological polar surface area (TPSA) is 333 Å². The zero-order valence-electron chi connectivity index (χ0n) is 39.2. The number of hydrogen-bond acceptors (Lipinski definition) is 14. The maximum Gasteiger partial charge on any atom is 0.335 e. The summed E-state index contributed by atoms with van der Waals surface area (Å²) < 4.78 is 27.0. The van der Waals surface area contributed by atoms with Crippen LogP contribution in [0.15, 0.2) is 24.3 Å². The van der Waals surface area contributed by atoms with Crippen LogP contribution in [0, 0.1) is 10.8 Å². The molecule has 1 rings (SSSR count). The molecule has 2 unspecified atom stereocenters. The first-order valence-corrected chi connectivity index (χ1v) is 22.0. The molecule has 0 heterocycles. The van der Waals surface area contributed by atoms with Gasteiger partial charge in [-0.2, -0.15) is 0 Å². The summed E-state index contributed by atoms with van der Waals surface area (Å²) in [6.45, 7) is 10.5. The fraction of sp³-hybridized carbons (Fsp3) is 0.659. The van der Waals surface area contributed by atoms with E-state index in [1.54, 1.807) is 12.1 Å². The summed E-state index contributed by atoms with van der Waals surface area (Å²) in [5, 5.41) is 43.2. The maximum atomic E-state index is 13.0. The van der Waals surface area contributed by atoms with Gasteiger partial charge in [-0.1, -0.05) is 34.6 Å². The highest BCUT2D eigenvalue weighted by Crippen LogP contribution is 2.36. The maximum absolute atomic E-state index is 13.0. The van der Waals surface area contributed by atoms with E-state index in [1.807, 2.05) is 34.6 Å². The summed E-state index contributed by atoms with van der Waals surface area (Å²) >= 11 is 0. The third kappa shape index (κ3) is 30.1. The molecule has 2 atom stereocenters. The fourth-order valence-corrected chi connectivity index (χ4v) is 6.41. The summed E-state index contributed by atoms with van der Waals surface area (Å²) in [5.41, 5.74) is -0.920. The van der Waals surface area contributed by atoms with E-state index >= 15 is 0 Å². The first-order valence-electron chi connectivity index (χ1n) is 22.0. The molecule has 23 heteroatoms. The second-order valence-electron chi connectivity index (χ2n) is 16.9. The molecule has 0 spiro atoms. The molecule has 0 bridgehead atoms. The van der Waals surface area contributed by atoms with Gasteiger partial charge in [-0.25, -0.2) is 9.59 Å². The van der Waals surface area contributed by atoms with Gasteiger partial charge in [0.2, 0.25) is 35.4 Å². The lowest BCUT2D eigenvalue weighted by molar-refractivity contribution is -0.143. The molecule has 0 aliphatic rings. The molecule has 1 aromatic rings. The monoisotopic (exact) mass is 954 g/mol. The normalized spacial score (nSPS) is 12.2. The van der Waals surface area contributed by atoms with E-state index in [-0.39, 0.29) is 110 Å². The highest BCUT2D eigenvalue weighted by Gasteiger charge is 2.33. The molecule has 1 aromatic carbocycles. The van der Waals surface area contributed by atoms with Crippen molar-refractivity contribution in [1.82, 2.24) is 31.9 Å². The van der Waals surface area contributed by atoms with Crippen molar-refractivity contribution in [2.75, 3.05) is 85.6 Å². The van der Waals surface area contributed by atoms with Crippen molar-refractivity contribution in [2.45, 2.75) is 91.6 Å². The van der Waals surface area contributed by atoms with Gasteiger partial charge >= 0.3 is 17.9 Å². The van der Waals surface area contributed by atoms with Gasteiger partial charge in [0.1, 0.15) is 31.0 Å². The lowest BCUT2D eigenvalue weighted by Crippen LogP contribution is -2.48. The van der Waals surface area contributed by atoms with Crippen molar-refractivity contribution in [3.05, 3.63) is 29.8 Å². The highest BCUT2D eigenvalue weighted by atomic mass is 16.5. The Bertz CT molecular complexity index is 1740. The van der Waals surface area contributed by atoms with Gasteiger partial charge in [0, 0.05) is 38.9 Å². The molecule has 0 aliphatic carbocycles. The molecular formula is C44H70N6O17. The van der Waals surface area contributed by atoms with E-state index in [0.29, 0.717) is 18.7 Å². The number of ether oxygens (including phenoxy) is 5. The third-order valence-corrected chi connectivity index (χ3v) is 9.26. The molecule has 0 aromatic heterocycles. The Morgan fingerprint density at radius 2 is 1.12 bits per heavy atom. The number of carboxylic acids is 3. The molecule has 0 aliphatic heterocycles. The van der Waals surface area contributed by atoms with E-state index in [4.69, 9.17) is 28.8 Å². The zero-order valence-corrected chi connectivity index (χ0v) is 39.2. The number of amides is 6. The summed E-state index contributed by atoms with van der Waals surface area (Å²) in [6, 6.07) is 3.29. The summed E-state index contributed by atoms with van der Waals surface area (Å²) in [7, 11) is 0. The van der Waals surface area contributed by atoms with Crippen LogP contribution in [0.4, 0.5) is 0 Å². The van der Waals surface area contributed by atoms with Crippen molar-refractivity contribution < 1.29 is 82.2 Å². The van der Waals surface area contributed by atoms with Crippen LogP contribution in [0.5, 0.6) is 5.75 Å². The highest BCUT2D eigenvalue weighted by molar-refractivity contribution is 5.89. The summed E-state index contributed by atoms with van der Waals surface area (Å²) in [4.78, 5) is 108. The molecule has 378 valence electrons. The average molecular weight is 955 g/mol. The predicted molar refractivity (Wildman–Crippen MR) is 239 cm³/mol. The van der Waals surface area contributed by atoms with Gasteiger partial charge in [0.05, 0.1) is 58.4 Å². The second-order valence-corrected chi connectivity index (χ2v) is 16.9. The van der Waals surface area contributed by atoms with Crippen molar-refractivity contribution in [3.8, 4) is 5.75 Å². The van der Waals surface area contributed by atoms with E-state index in [1.165, 1.54) is 12.1 Å². The summed E-state index contributed by atoms with van der Waals surface area (Å²) in [6.07, 6.45) is -0.160. The molecule has 0 saturated heterocycles. The minimum absolute atomic E-state index is 0.00902. The van der Waals surface area contributed by atoms with E-state index in [0.717, 1.165) is 6.42 Å². The second kappa shape index (κ2) is 32.7. The number of hydrogen-bond donors (Lipinski definition) is 9. The molecule has 9 N–H and O–H groups in total. The van der Waals surface area contributed by atoms with Crippen LogP contribution in [0.1, 0.15) is 89.9 Å². The molecule has 0 saturated carbocycles. The van der Waals surface area contributed by atoms with Crippen LogP contribution in [0.25, 0.3) is 0 Å². The number of aromatic carboxylic acids is 1. The van der Waals surface area contributed by atoms with Gasteiger partial charge in [-0.15, -0.1) is 0 Å². The lowest BCUT2D eigenvalue weighted by atomic mass is 9.73. The van der Waals surface area contributed by atoms with Gasteiger partial charge < -0.3 is 70.9 Å². The Kier molecular flexibility index (Phi) is 28.9. The van der Waals surface area contributed by atoms with E-state index in [2.05, 4.69) is 31.9 Å². The van der Waals surface area contributed by atoms with Crippen LogP contribution in [-0.2, 0) is 57.3 Å².